The van der Waals surface area contributed by atoms with Crippen LogP contribution in [0.15, 0.2) is 48.5 Å². The number of fused-ring (bicyclic) bond motifs is 1. The second-order valence-corrected chi connectivity index (χ2v) is 8.41. The standard InChI is InChI=1S/C25H25N3O6/c1-16-6-2-3-7-17(16)22(30)27-14-12-26(13-15-27)21(29)11-10-20(25(33)34)28-23(31)18-8-4-5-9-19(18)24(28)32/h2-9,20H,10-15H2,1H3,(H,33,34)/t20-/m0/s1. The molecule has 0 aliphatic carbocycles. The van der Waals surface area contributed by atoms with Gasteiger partial charge in [-0.2, -0.15) is 0 Å². The third kappa shape index (κ3) is 4.28. The predicted octanol–water partition coefficient (Wildman–Crippen LogP) is 1.81. The monoisotopic (exact) mass is 463 g/mol. The molecule has 4 amide bonds. The SMILES string of the molecule is Cc1ccccc1C(=O)N1CCN(C(=O)CC[C@@H](C(=O)O)N2C(=O)c3ccccc3C2=O)CC1. The Morgan fingerprint density at radius 2 is 1.38 bits per heavy atom. The van der Waals surface area contributed by atoms with Crippen molar-refractivity contribution in [2.75, 3.05) is 26.2 Å². The van der Waals surface area contributed by atoms with Crippen LogP contribution >= 0.6 is 0 Å². The highest BCUT2D eigenvalue weighted by atomic mass is 16.4. The van der Waals surface area contributed by atoms with E-state index in [4.69, 9.17) is 0 Å². The van der Waals surface area contributed by atoms with Crippen molar-refractivity contribution >= 4 is 29.6 Å². The van der Waals surface area contributed by atoms with Crippen molar-refractivity contribution < 1.29 is 29.1 Å². The minimum Gasteiger partial charge on any atom is -0.480 e. The van der Waals surface area contributed by atoms with E-state index >= 15 is 0 Å². The van der Waals surface area contributed by atoms with Gasteiger partial charge in [-0.15, -0.1) is 0 Å². The highest BCUT2D eigenvalue weighted by Crippen LogP contribution is 2.26. The molecule has 2 heterocycles. The quantitative estimate of drug-likeness (QED) is 0.654. The summed E-state index contributed by atoms with van der Waals surface area (Å²) >= 11 is 0. The highest BCUT2D eigenvalue weighted by Gasteiger charge is 2.43. The number of hydrogen-bond donors (Lipinski definition) is 1. The van der Waals surface area contributed by atoms with E-state index in [-0.39, 0.29) is 35.8 Å². The number of piperazine rings is 1. The molecule has 2 aromatic rings. The van der Waals surface area contributed by atoms with Crippen LogP contribution in [0.1, 0.15) is 49.5 Å². The van der Waals surface area contributed by atoms with Crippen LogP contribution in [0.4, 0.5) is 0 Å². The first-order valence-electron chi connectivity index (χ1n) is 11.1. The van der Waals surface area contributed by atoms with E-state index in [0.29, 0.717) is 31.7 Å². The van der Waals surface area contributed by atoms with Gasteiger partial charge < -0.3 is 14.9 Å². The Morgan fingerprint density at radius 1 is 0.853 bits per heavy atom. The largest absolute Gasteiger partial charge is 0.480 e. The molecule has 0 bridgehead atoms. The average Bonchev–Trinajstić information content (AvgIpc) is 3.09. The molecule has 9 nitrogen and oxygen atoms in total. The van der Waals surface area contributed by atoms with Crippen molar-refractivity contribution in [2.24, 2.45) is 0 Å². The summed E-state index contributed by atoms with van der Waals surface area (Å²) in [6.07, 6.45) is -0.307. The van der Waals surface area contributed by atoms with Gasteiger partial charge in [0.05, 0.1) is 11.1 Å². The smallest absolute Gasteiger partial charge is 0.326 e. The lowest BCUT2D eigenvalue weighted by Gasteiger charge is -2.35. The lowest BCUT2D eigenvalue weighted by atomic mass is 10.1. The number of hydrogen-bond acceptors (Lipinski definition) is 5. The maximum Gasteiger partial charge on any atom is 0.326 e. The Hall–Kier alpha value is -4.01. The molecule has 4 rings (SSSR count). The Morgan fingerprint density at radius 3 is 1.94 bits per heavy atom. The molecule has 0 radical (unpaired) electrons. The topological polar surface area (TPSA) is 115 Å². The van der Waals surface area contributed by atoms with Gasteiger partial charge in [0, 0.05) is 38.2 Å². The Labute approximate surface area is 196 Å². The molecule has 2 aromatic carbocycles. The van der Waals surface area contributed by atoms with Crippen LogP contribution in [0.5, 0.6) is 0 Å². The number of aliphatic carboxylic acids is 1. The summed E-state index contributed by atoms with van der Waals surface area (Å²) in [7, 11) is 0. The third-order valence-corrected chi connectivity index (χ3v) is 6.35. The Bertz CT molecular complexity index is 1130. The molecule has 9 heteroatoms. The number of rotatable bonds is 6. The van der Waals surface area contributed by atoms with Crippen molar-refractivity contribution in [3.05, 3.63) is 70.8 Å². The third-order valence-electron chi connectivity index (χ3n) is 6.35. The molecule has 0 unspecified atom stereocenters. The van der Waals surface area contributed by atoms with E-state index in [1.807, 2.05) is 25.1 Å². The molecule has 176 valence electrons. The predicted molar refractivity (Wildman–Crippen MR) is 121 cm³/mol. The minimum absolute atomic E-state index is 0.0817. The number of amides is 4. The van der Waals surface area contributed by atoms with Crippen LogP contribution in [0.25, 0.3) is 0 Å². The lowest BCUT2D eigenvalue weighted by Crippen LogP contribution is -2.51. The molecule has 2 aliphatic rings. The normalized spacial score (nSPS) is 16.4. The maximum atomic E-state index is 12.8. The van der Waals surface area contributed by atoms with Gasteiger partial charge in [0.1, 0.15) is 6.04 Å². The summed E-state index contributed by atoms with van der Waals surface area (Å²) in [5.41, 5.74) is 1.85. The van der Waals surface area contributed by atoms with Crippen molar-refractivity contribution in [3.63, 3.8) is 0 Å². The van der Waals surface area contributed by atoms with E-state index in [2.05, 4.69) is 0 Å². The Kier molecular flexibility index (Phi) is 6.45. The number of imide groups is 1. The molecule has 34 heavy (non-hydrogen) atoms. The van der Waals surface area contributed by atoms with Crippen LogP contribution in [-0.4, -0.2) is 81.6 Å². The number of carboxylic acid groups (broad SMARTS) is 1. The first-order valence-corrected chi connectivity index (χ1v) is 11.1. The molecule has 0 saturated carbocycles. The van der Waals surface area contributed by atoms with Crippen LogP contribution in [0.2, 0.25) is 0 Å². The van der Waals surface area contributed by atoms with Crippen LogP contribution in [0, 0.1) is 6.92 Å². The first kappa shape index (κ1) is 23.2. The van der Waals surface area contributed by atoms with Gasteiger partial charge in [0.15, 0.2) is 0 Å². The van der Waals surface area contributed by atoms with Gasteiger partial charge in [-0.05, 0) is 37.1 Å². The Balaban J connectivity index is 1.35. The van der Waals surface area contributed by atoms with Crippen molar-refractivity contribution in [1.82, 2.24) is 14.7 Å². The zero-order valence-corrected chi connectivity index (χ0v) is 18.8. The highest BCUT2D eigenvalue weighted by molar-refractivity contribution is 6.22. The minimum atomic E-state index is -1.43. The number of aryl methyl sites for hydroxylation is 1. The molecule has 1 fully saturated rings. The fourth-order valence-electron chi connectivity index (χ4n) is 4.41. The van der Waals surface area contributed by atoms with Crippen molar-refractivity contribution in [2.45, 2.75) is 25.8 Å². The van der Waals surface area contributed by atoms with Gasteiger partial charge in [0.2, 0.25) is 5.91 Å². The number of carbonyl (C=O) groups excluding carboxylic acids is 4. The van der Waals surface area contributed by atoms with Crippen LogP contribution in [-0.2, 0) is 9.59 Å². The summed E-state index contributed by atoms with van der Waals surface area (Å²) in [5.74, 6) is -3.02. The zero-order chi connectivity index (χ0) is 24.4. The van der Waals surface area contributed by atoms with Crippen LogP contribution in [0.3, 0.4) is 0 Å². The second-order valence-electron chi connectivity index (χ2n) is 8.41. The summed E-state index contributed by atoms with van der Waals surface area (Å²) in [5, 5.41) is 9.68. The molecule has 2 aliphatic heterocycles. The van der Waals surface area contributed by atoms with Crippen LogP contribution < -0.4 is 0 Å². The fourth-order valence-corrected chi connectivity index (χ4v) is 4.41. The van der Waals surface area contributed by atoms with Gasteiger partial charge in [-0.3, -0.25) is 24.1 Å². The fraction of sp³-hybridized carbons (Fsp3) is 0.320. The van der Waals surface area contributed by atoms with Crippen molar-refractivity contribution in [1.29, 1.82) is 0 Å². The van der Waals surface area contributed by atoms with E-state index in [1.54, 1.807) is 28.0 Å². The van der Waals surface area contributed by atoms with E-state index in [1.165, 1.54) is 12.1 Å². The van der Waals surface area contributed by atoms with Gasteiger partial charge >= 0.3 is 5.97 Å². The van der Waals surface area contributed by atoms with E-state index in [0.717, 1.165) is 10.5 Å². The molecular weight excluding hydrogens is 438 g/mol. The molecule has 1 N–H and O–H groups in total. The molecule has 0 spiro atoms. The number of nitrogens with zero attached hydrogens (tertiary/aromatic N) is 3. The average molecular weight is 463 g/mol. The lowest BCUT2D eigenvalue weighted by molar-refractivity contribution is -0.142. The molecule has 1 atom stereocenters. The molecule has 1 saturated heterocycles. The van der Waals surface area contributed by atoms with Gasteiger partial charge in [-0.25, -0.2) is 4.79 Å². The van der Waals surface area contributed by atoms with E-state index in [9.17, 15) is 29.1 Å². The maximum absolute atomic E-state index is 12.8. The second kappa shape index (κ2) is 9.46. The first-order chi connectivity index (χ1) is 16.3. The number of carbonyl (C=O) groups is 5. The van der Waals surface area contributed by atoms with E-state index < -0.39 is 23.8 Å². The summed E-state index contributed by atoms with van der Waals surface area (Å²) in [6.45, 7) is 3.29. The van der Waals surface area contributed by atoms with Gasteiger partial charge in [-0.1, -0.05) is 30.3 Å². The summed E-state index contributed by atoms with van der Waals surface area (Å²) < 4.78 is 0. The zero-order valence-electron chi connectivity index (χ0n) is 18.8. The number of carboxylic acids is 1. The van der Waals surface area contributed by atoms with Gasteiger partial charge in [0.25, 0.3) is 17.7 Å². The number of benzene rings is 2. The summed E-state index contributed by atoms with van der Waals surface area (Å²) in [6, 6.07) is 12.1. The van der Waals surface area contributed by atoms with Crippen molar-refractivity contribution in [3.8, 4) is 0 Å². The summed E-state index contributed by atoms with van der Waals surface area (Å²) in [4.78, 5) is 66.7. The molecule has 0 aromatic heterocycles. The molecular formula is C25H25N3O6.